The number of likely N-dealkylation sites (N-methyl/N-ethyl adjacent to an activating group) is 1. The molecule has 0 bridgehead atoms. The van der Waals surface area contributed by atoms with E-state index in [1.807, 2.05) is 6.07 Å². The Balaban J connectivity index is 1.81. The zero-order valence-electron chi connectivity index (χ0n) is 19.6. The first-order valence-corrected chi connectivity index (χ1v) is 11.2. The smallest absolute Gasteiger partial charge is 0.243 e. The maximum absolute atomic E-state index is 12.0. The third-order valence-corrected chi connectivity index (χ3v) is 5.57. The van der Waals surface area contributed by atoms with Crippen molar-refractivity contribution in [2.75, 3.05) is 79.0 Å². The van der Waals surface area contributed by atoms with Gasteiger partial charge in [0.25, 0.3) is 0 Å². The Morgan fingerprint density at radius 1 is 1.19 bits per heavy atom. The second-order valence-electron chi connectivity index (χ2n) is 8.24. The first kappa shape index (κ1) is 24.9. The van der Waals surface area contributed by atoms with Crippen molar-refractivity contribution in [1.82, 2.24) is 20.4 Å². The molecule has 8 nitrogen and oxygen atoms in total. The lowest BCUT2D eigenvalue weighted by molar-refractivity contribution is -0.127. The second-order valence-corrected chi connectivity index (χ2v) is 8.24. The molecule has 1 aliphatic rings. The van der Waals surface area contributed by atoms with Crippen molar-refractivity contribution in [3.05, 3.63) is 30.3 Å². The molecule has 1 saturated heterocycles. The first-order chi connectivity index (χ1) is 15.0. The third-order valence-electron chi connectivity index (χ3n) is 5.57. The minimum absolute atomic E-state index is 0.000652. The van der Waals surface area contributed by atoms with Crippen molar-refractivity contribution in [1.29, 1.82) is 0 Å². The van der Waals surface area contributed by atoms with Crippen LogP contribution in [-0.4, -0.2) is 102 Å². The second kappa shape index (κ2) is 13.9. The van der Waals surface area contributed by atoms with Crippen LogP contribution in [0, 0.1) is 0 Å². The number of nitrogens with zero attached hydrogens (tertiary/aromatic N) is 4. The van der Waals surface area contributed by atoms with Crippen molar-refractivity contribution in [2.45, 2.75) is 25.3 Å². The van der Waals surface area contributed by atoms with Crippen LogP contribution in [0.4, 0.5) is 5.69 Å². The maximum atomic E-state index is 12.0. The lowest BCUT2D eigenvalue weighted by atomic mass is 10.1. The fourth-order valence-electron chi connectivity index (χ4n) is 3.49. The number of likely N-dealkylation sites (tertiary alicyclic amines) is 1. The molecule has 1 aromatic rings. The Morgan fingerprint density at radius 2 is 1.90 bits per heavy atom. The molecular formula is C23H40N6O2. The molecule has 8 heteroatoms. The third kappa shape index (κ3) is 9.57. The van der Waals surface area contributed by atoms with E-state index in [0.29, 0.717) is 6.04 Å². The summed E-state index contributed by atoms with van der Waals surface area (Å²) in [5, 5.41) is 6.96. The Bertz CT molecular complexity index is 659. The molecule has 1 heterocycles. The first-order valence-electron chi connectivity index (χ1n) is 11.2. The van der Waals surface area contributed by atoms with Crippen LogP contribution in [0.3, 0.4) is 0 Å². The molecule has 0 atom stereocenters. The Hall–Kier alpha value is -2.32. The van der Waals surface area contributed by atoms with E-state index in [1.54, 1.807) is 26.1 Å². The summed E-state index contributed by atoms with van der Waals surface area (Å²) in [5.74, 6) is 0.729. The Labute approximate surface area is 187 Å². The van der Waals surface area contributed by atoms with Crippen LogP contribution >= 0.6 is 0 Å². The van der Waals surface area contributed by atoms with E-state index in [4.69, 9.17) is 4.74 Å². The van der Waals surface area contributed by atoms with Crippen molar-refractivity contribution < 1.29 is 9.53 Å². The maximum Gasteiger partial charge on any atom is 0.243 e. The van der Waals surface area contributed by atoms with Crippen molar-refractivity contribution in [2.24, 2.45) is 4.99 Å². The van der Waals surface area contributed by atoms with Crippen LogP contribution in [-0.2, 0) is 9.53 Å². The van der Waals surface area contributed by atoms with E-state index >= 15 is 0 Å². The molecule has 2 N–H and O–H groups in total. The number of benzene rings is 1. The number of hydrogen-bond acceptors (Lipinski definition) is 5. The highest BCUT2D eigenvalue weighted by Gasteiger charge is 2.20. The standard InChI is InChI=1S/C23H40N6O2/c1-27(2)22(30)19-25-23(26-20-11-15-29(16-12-20)17-18-31-4)24-13-8-14-28(3)21-9-6-5-7-10-21/h5-7,9-10,20H,8,11-19H2,1-4H3,(H2,24,25,26). The van der Waals surface area contributed by atoms with E-state index in [1.165, 1.54) is 5.69 Å². The highest BCUT2D eigenvalue weighted by molar-refractivity contribution is 5.84. The number of guanidine groups is 1. The molecule has 1 fully saturated rings. The molecule has 0 aliphatic carbocycles. The van der Waals surface area contributed by atoms with Crippen LogP contribution in [0.25, 0.3) is 0 Å². The average Bonchev–Trinajstić information content (AvgIpc) is 2.79. The quantitative estimate of drug-likeness (QED) is 0.312. The summed E-state index contributed by atoms with van der Waals surface area (Å²) in [4.78, 5) is 22.8. The fraction of sp³-hybridized carbons (Fsp3) is 0.652. The summed E-state index contributed by atoms with van der Waals surface area (Å²) in [7, 11) is 7.37. The number of aliphatic imine (C=N–C) groups is 1. The summed E-state index contributed by atoms with van der Waals surface area (Å²) in [6.07, 6.45) is 3.09. The number of piperidine rings is 1. The van der Waals surface area contributed by atoms with Gasteiger partial charge < -0.3 is 30.1 Å². The van der Waals surface area contributed by atoms with E-state index in [2.05, 4.69) is 56.7 Å². The number of ether oxygens (including phenoxy) is 1. The number of methoxy groups -OCH3 is 1. The number of carbonyl (C=O) groups excluding carboxylic acids is 1. The van der Waals surface area contributed by atoms with Gasteiger partial charge in [0.15, 0.2) is 5.96 Å². The highest BCUT2D eigenvalue weighted by atomic mass is 16.5. The number of para-hydroxylation sites is 1. The lowest BCUT2D eigenvalue weighted by Crippen LogP contribution is -2.49. The van der Waals surface area contributed by atoms with E-state index in [9.17, 15) is 4.79 Å². The number of carbonyl (C=O) groups is 1. The molecule has 1 aromatic carbocycles. The van der Waals surface area contributed by atoms with Crippen LogP contribution in [0.2, 0.25) is 0 Å². The summed E-state index contributed by atoms with van der Waals surface area (Å²) >= 11 is 0. The van der Waals surface area contributed by atoms with Gasteiger partial charge in [-0.05, 0) is 31.4 Å². The van der Waals surface area contributed by atoms with Crippen LogP contribution < -0.4 is 15.5 Å². The number of anilines is 1. The van der Waals surface area contributed by atoms with Gasteiger partial charge in [-0.1, -0.05) is 18.2 Å². The van der Waals surface area contributed by atoms with Gasteiger partial charge in [0.05, 0.1) is 6.61 Å². The zero-order chi connectivity index (χ0) is 22.5. The minimum Gasteiger partial charge on any atom is -0.383 e. The predicted molar refractivity (Wildman–Crippen MR) is 128 cm³/mol. The van der Waals surface area contributed by atoms with Gasteiger partial charge in [-0.25, -0.2) is 4.99 Å². The van der Waals surface area contributed by atoms with Gasteiger partial charge in [-0.3, -0.25) is 4.79 Å². The topological polar surface area (TPSA) is 72.4 Å². The van der Waals surface area contributed by atoms with Gasteiger partial charge in [0.1, 0.15) is 6.54 Å². The normalized spacial score (nSPS) is 15.5. The van der Waals surface area contributed by atoms with Gasteiger partial charge in [0.2, 0.25) is 5.91 Å². The van der Waals surface area contributed by atoms with Crippen LogP contribution in [0.15, 0.2) is 35.3 Å². The predicted octanol–water partition coefficient (Wildman–Crippen LogP) is 1.25. The van der Waals surface area contributed by atoms with Gasteiger partial charge in [-0.2, -0.15) is 0 Å². The van der Waals surface area contributed by atoms with E-state index in [-0.39, 0.29) is 12.5 Å². The largest absolute Gasteiger partial charge is 0.383 e. The molecule has 31 heavy (non-hydrogen) atoms. The number of rotatable bonds is 11. The van der Waals surface area contributed by atoms with Gasteiger partial charge in [0, 0.05) is 72.7 Å². The molecule has 0 saturated carbocycles. The summed E-state index contributed by atoms with van der Waals surface area (Å²) in [6.45, 7) is 5.74. The molecule has 0 radical (unpaired) electrons. The highest BCUT2D eigenvalue weighted by Crippen LogP contribution is 2.11. The van der Waals surface area contributed by atoms with E-state index in [0.717, 1.165) is 64.6 Å². The van der Waals surface area contributed by atoms with Crippen molar-refractivity contribution in [3.63, 3.8) is 0 Å². The average molecular weight is 433 g/mol. The Morgan fingerprint density at radius 3 is 2.55 bits per heavy atom. The number of amides is 1. The number of hydrogen-bond donors (Lipinski definition) is 2. The molecule has 2 rings (SSSR count). The zero-order valence-corrected chi connectivity index (χ0v) is 19.6. The van der Waals surface area contributed by atoms with Gasteiger partial charge >= 0.3 is 0 Å². The van der Waals surface area contributed by atoms with E-state index < -0.39 is 0 Å². The fourth-order valence-corrected chi connectivity index (χ4v) is 3.49. The number of nitrogens with one attached hydrogen (secondary N) is 2. The molecule has 174 valence electrons. The molecule has 0 aromatic heterocycles. The van der Waals surface area contributed by atoms with Crippen molar-refractivity contribution in [3.8, 4) is 0 Å². The summed E-state index contributed by atoms with van der Waals surface area (Å²) in [6, 6.07) is 10.8. The molecule has 1 aliphatic heterocycles. The molecular weight excluding hydrogens is 392 g/mol. The molecule has 0 unspecified atom stereocenters. The summed E-state index contributed by atoms with van der Waals surface area (Å²) < 4.78 is 5.18. The Kier molecular flexibility index (Phi) is 11.2. The minimum atomic E-state index is -0.000652. The molecule has 0 spiro atoms. The van der Waals surface area contributed by atoms with Crippen molar-refractivity contribution >= 4 is 17.6 Å². The van der Waals surface area contributed by atoms with Crippen LogP contribution in [0.5, 0.6) is 0 Å². The monoisotopic (exact) mass is 432 g/mol. The lowest BCUT2D eigenvalue weighted by Gasteiger charge is -2.33. The van der Waals surface area contributed by atoms with Crippen LogP contribution in [0.1, 0.15) is 19.3 Å². The SMILES string of the molecule is COCCN1CCC(NC(=NCC(=O)N(C)C)NCCCN(C)c2ccccc2)CC1. The van der Waals surface area contributed by atoms with Gasteiger partial charge in [-0.15, -0.1) is 0 Å². The summed E-state index contributed by atoms with van der Waals surface area (Å²) in [5.41, 5.74) is 1.21. The molecule has 1 amide bonds.